The third-order valence-corrected chi connectivity index (χ3v) is 1.98. The first-order valence-electron chi connectivity index (χ1n) is 4.68. The molecule has 0 fully saturated rings. The zero-order chi connectivity index (χ0) is 11.1. The summed E-state index contributed by atoms with van der Waals surface area (Å²) in [5.74, 6) is 0.573. The van der Waals surface area contributed by atoms with Crippen LogP contribution in [0.25, 0.3) is 6.08 Å². The van der Waals surface area contributed by atoms with E-state index in [1.165, 1.54) is 7.11 Å². The Balaban J connectivity index is 3.02. The number of aliphatic hydroxyl groups excluding tert-OH is 1. The third-order valence-electron chi connectivity index (χ3n) is 1.98. The average molecular weight is 203 g/mol. The molecule has 15 heavy (non-hydrogen) atoms. The van der Waals surface area contributed by atoms with Crippen LogP contribution in [0.2, 0.25) is 0 Å². The summed E-state index contributed by atoms with van der Waals surface area (Å²) in [7, 11) is 1.54. The van der Waals surface area contributed by atoms with Gasteiger partial charge in [-0.15, -0.1) is 0 Å². The molecule has 0 saturated carbocycles. The van der Waals surface area contributed by atoms with Gasteiger partial charge in [-0.3, -0.25) is 0 Å². The highest BCUT2D eigenvalue weighted by atomic mass is 16.5. The molecular weight excluding hydrogens is 190 g/mol. The molecule has 78 valence electrons. The van der Waals surface area contributed by atoms with Crippen LogP contribution in [-0.2, 0) is 0 Å². The van der Waals surface area contributed by atoms with Crippen LogP contribution in [-0.4, -0.2) is 18.8 Å². The molecule has 0 spiro atoms. The molecule has 0 aliphatic heterocycles. The van der Waals surface area contributed by atoms with Crippen molar-refractivity contribution in [2.75, 3.05) is 13.7 Å². The summed E-state index contributed by atoms with van der Waals surface area (Å²) in [6, 6.07) is 7.53. The third kappa shape index (κ3) is 2.83. The molecule has 1 rings (SSSR count). The van der Waals surface area contributed by atoms with Crippen molar-refractivity contribution in [1.82, 2.24) is 0 Å². The van der Waals surface area contributed by atoms with Crippen molar-refractivity contribution in [3.63, 3.8) is 0 Å². The van der Waals surface area contributed by atoms with E-state index in [9.17, 15) is 0 Å². The number of nitriles is 1. The molecule has 1 N–H and O–H groups in total. The zero-order valence-corrected chi connectivity index (χ0v) is 8.60. The Hall–Kier alpha value is -1.79. The molecule has 0 bridgehead atoms. The van der Waals surface area contributed by atoms with Crippen LogP contribution in [0.5, 0.6) is 5.75 Å². The molecule has 1 aromatic rings. The van der Waals surface area contributed by atoms with Crippen molar-refractivity contribution in [3.8, 4) is 11.8 Å². The van der Waals surface area contributed by atoms with Gasteiger partial charge in [-0.25, -0.2) is 0 Å². The second-order valence-corrected chi connectivity index (χ2v) is 2.95. The van der Waals surface area contributed by atoms with Gasteiger partial charge < -0.3 is 9.84 Å². The van der Waals surface area contributed by atoms with Crippen LogP contribution in [0.4, 0.5) is 0 Å². The second kappa shape index (κ2) is 5.84. The van der Waals surface area contributed by atoms with Gasteiger partial charge in [-0.2, -0.15) is 5.26 Å². The fourth-order valence-electron chi connectivity index (χ4n) is 1.26. The molecule has 0 atom stereocenters. The van der Waals surface area contributed by atoms with Gasteiger partial charge in [-0.1, -0.05) is 24.3 Å². The van der Waals surface area contributed by atoms with Crippen LogP contribution >= 0.6 is 0 Å². The molecule has 3 heteroatoms. The number of methoxy groups -OCH3 is 1. The van der Waals surface area contributed by atoms with E-state index in [1.807, 2.05) is 24.3 Å². The number of nitrogens with zero attached hydrogens (tertiary/aromatic N) is 1. The molecule has 0 unspecified atom stereocenters. The van der Waals surface area contributed by atoms with Crippen LogP contribution in [0.3, 0.4) is 0 Å². The lowest BCUT2D eigenvalue weighted by Gasteiger charge is -2.04. The molecule has 0 amide bonds. The highest BCUT2D eigenvalue weighted by Gasteiger charge is 2.04. The topological polar surface area (TPSA) is 53.2 Å². The largest absolute Gasteiger partial charge is 0.495 e. The molecule has 0 saturated heterocycles. The van der Waals surface area contributed by atoms with E-state index in [1.54, 1.807) is 6.07 Å². The number of hydrogen-bond donors (Lipinski definition) is 1. The maximum Gasteiger partial charge on any atom is 0.137 e. The van der Waals surface area contributed by atoms with Crippen molar-refractivity contribution in [3.05, 3.63) is 35.4 Å². The number of rotatable bonds is 4. The van der Waals surface area contributed by atoms with Crippen molar-refractivity contribution in [1.29, 1.82) is 5.26 Å². The van der Waals surface area contributed by atoms with E-state index in [0.29, 0.717) is 17.7 Å². The van der Waals surface area contributed by atoms with Gasteiger partial charge in [0.2, 0.25) is 0 Å². The lowest BCUT2D eigenvalue weighted by Crippen LogP contribution is -1.90. The van der Waals surface area contributed by atoms with Gasteiger partial charge in [0.25, 0.3) is 0 Å². The Labute approximate surface area is 89.2 Å². The van der Waals surface area contributed by atoms with Crippen LogP contribution in [0, 0.1) is 11.3 Å². The fourth-order valence-corrected chi connectivity index (χ4v) is 1.26. The lowest BCUT2D eigenvalue weighted by atomic mass is 10.1. The summed E-state index contributed by atoms with van der Waals surface area (Å²) >= 11 is 0. The summed E-state index contributed by atoms with van der Waals surface area (Å²) in [4.78, 5) is 0. The molecule has 0 heterocycles. The monoisotopic (exact) mass is 203 g/mol. The Morgan fingerprint density at radius 3 is 2.93 bits per heavy atom. The Kier molecular flexibility index (Phi) is 4.39. The first kappa shape index (κ1) is 11.3. The van der Waals surface area contributed by atoms with E-state index < -0.39 is 0 Å². The quantitative estimate of drug-likeness (QED) is 0.813. The van der Waals surface area contributed by atoms with Crippen molar-refractivity contribution >= 4 is 6.08 Å². The van der Waals surface area contributed by atoms with Crippen LogP contribution in [0.1, 0.15) is 17.5 Å². The minimum atomic E-state index is 0.113. The van der Waals surface area contributed by atoms with Crippen LogP contribution < -0.4 is 4.74 Å². The van der Waals surface area contributed by atoms with Gasteiger partial charge in [0.15, 0.2) is 0 Å². The molecular formula is C12H13NO2. The minimum Gasteiger partial charge on any atom is -0.495 e. The molecule has 0 aliphatic carbocycles. The standard InChI is InChI=1S/C12H13NO2/c1-15-12-7-4-6-10(11(12)9-13)5-2-3-8-14/h2,4-7,14H,3,8H2,1H3. The van der Waals surface area contributed by atoms with Crippen molar-refractivity contribution in [2.24, 2.45) is 0 Å². The van der Waals surface area contributed by atoms with Crippen LogP contribution in [0.15, 0.2) is 24.3 Å². The lowest BCUT2D eigenvalue weighted by molar-refractivity contribution is 0.303. The van der Waals surface area contributed by atoms with Gasteiger partial charge in [0.1, 0.15) is 17.4 Å². The van der Waals surface area contributed by atoms with Gasteiger partial charge in [0.05, 0.1) is 7.11 Å². The maximum atomic E-state index is 8.97. The Bertz CT molecular complexity index is 391. The highest BCUT2D eigenvalue weighted by molar-refractivity contribution is 5.62. The molecule has 0 aliphatic rings. The summed E-state index contributed by atoms with van der Waals surface area (Å²) in [5, 5.41) is 17.6. The normalized spacial score (nSPS) is 10.2. The van der Waals surface area contributed by atoms with E-state index in [4.69, 9.17) is 15.1 Å². The highest BCUT2D eigenvalue weighted by Crippen LogP contribution is 2.22. The summed E-state index contributed by atoms with van der Waals surface area (Å²) in [6.07, 6.45) is 4.23. The average Bonchev–Trinajstić information content (AvgIpc) is 2.29. The van der Waals surface area contributed by atoms with E-state index in [-0.39, 0.29) is 6.61 Å². The smallest absolute Gasteiger partial charge is 0.137 e. The first-order valence-corrected chi connectivity index (χ1v) is 4.68. The number of benzene rings is 1. The summed E-state index contributed by atoms with van der Waals surface area (Å²) in [5.41, 5.74) is 1.33. The maximum absolute atomic E-state index is 8.97. The van der Waals surface area contributed by atoms with Crippen molar-refractivity contribution in [2.45, 2.75) is 6.42 Å². The number of hydrogen-bond acceptors (Lipinski definition) is 3. The fraction of sp³-hybridized carbons (Fsp3) is 0.250. The van der Waals surface area contributed by atoms with E-state index in [2.05, 4.69) is 6.07 Å². The SMILES string of the molecule is COc1cccc(C=CCCO)c1C#N. The molecule has 0 aromatic heterocycles. The van der Waals surface area contributed by atoms with Gasteiger partial charge >= 0.3 is 0 Å². The predicted molar refractivity (Wildman–Crippen MR) is 58.4 cm³/mol. The predicted octanol–water partition coefficient (Wildman–Crippen LogP) is 1.96. The minimum absolute atomic E-state index is 0.113. The number of aliphatic hydroxyl groups is 1. The van der Waals surface area contributed by atoms with E-state index in [0.717, 1.165) is 5.56 Å². The second-order valence-electron chi connectivity index (χ2n) is 2.95. The Morgan fingerprint density at radius 2 is 2.33 bits per heavy atom. The number of ether oxygens (including phenoxy) is 1. The Morgan fingerprint density at radius 1 is 1.53 bits per heavy atom. The molecule has 1 aromatic carbocycles. The molecule has 3 nitrogen and oxygen atoms in total. The summed E-state index contributed by atoms with van der Waals surface area (Å²) in [6.45, 7) is 0.113. The van der Waals surface area contributed by atoms with Gasteiger partial charge in [-0.05, 0) is 18.1 Å². The van der Waals surface area contributed by atoms with Gasteiger partial charge in [0, 0.05) is 6.61 Å². The van der Waals surface area contributed by atoms with E-state index >= 15 is 0 Å². The van der Waals surface area contributed by atoms with Crippen molar-refractivity contribution < 1.29 is 9.84 Å². The first-order chi connectivity index (χ1) is 7.33. The zero-order valence-electron chi connectivity index (χ0n) is 8.60. The molecule has 0 radical (unpaired) electrons. The summed E-state index contributed by atoms with van der Waals surface area (Å²) < 4.78 is 5.08.